The van der Waals surface area contributed by atoms with Crippen LogP contribution in [0.4, 0.5) is 14.5 Å². The fourth-order valence-corrected chi connectivity index (χ4v) is 3.53. The maximum atomic E-state index is 12.2. The molecule has 0 saturated carbocycles. The van der Waals surface area contributed by atoms with Crippen LogP contribution in [0.25, 0.3) is 0 Å². The molecular weight excluding hydrogens is 308 g/mol. The highest BCUT2D eigenvalue weighted by atomic mass is 32.2. The first kappa shape index (κ1) is 15.5. The van der Waals surface area contributed by atoms with E-state index in [9.17, 15) is 17.2 Å². The van der Waals surface area contributed by atoms with Crippen molar-refractivity contribution in [1.29, 1.82) is 0 Å². The Bertz CT molecular complexity index is 531. The summed E-state index contributed by atoms with van der Waals surface area (Å²) in [5, 5.41) is 3.07. The first-order valence-corrected chi connectivity index (χ1v) is 8.33. The Morgan fingerprint density at radius 2 is 1.80 bits per heavy atom. The van der Waals surface area contributed by atoms with E-state index in [1.165, 1.54) is 28.6 Å². The molecule has 2 rings (SSSR count). The van der Waals surface area contributed by atoms with Crippen molar-refractivity contribution in [2.24, 2.45) is 0 Å². The Balaban J connectivity index is 2.01. The average Bonchev–Trinajstić information content (AvgIpc) is 2.41. The molecule has 0 unspecified atom stereocenters. The van der Waals surface area contributed by atoms with E-state index in [-0.39, 0.29) is 0 Å². The van der Waals surface area contributed by atoms with Gasteiger partial charge >= 0.3 is 10.2 Å². The minimum atomic E-state index is -3.58. The first-order chi connectivity index (χ1) is 9.47. The number of thioether (sulfide) groups is 1. The Kier molecular flexibility index (Phi) is 5.19. The summed E-state index contributed by atoms with van der Waals surface area (Å²) in [5.41, 5.74) is 0.363. The summed E-state index contributed by atoms with van der Waals surface area (Å²) in [6.45, 7) is 2.05. The molecule has 0 amide bonds. The highest BCUT2D eigenvalue weighted by molar-refractivity contribution is 7.99. The minimum Gasteiger partial charge on any atom is -0.314 e. The van der Waals surface area contributed by atoms with Crippen molar-refractivity contribution in [1.82, 2.24) is 9.62 Å². The first-order valence-electron chi connectivity index (χ1n) is 6.01. The molecule has 20 heavy (non-hydrogen) atoms. The highest BCUT2D eigenvalue weighted by Gasteiger charge is 2.23. The molecule has 5 nitrogen and oxygen atoms in total. The second-order valence-electron chi connectivity index (χ2n) is 4.16. The van der Waals surface area contributed by atoms with Crippen LogP contribution in [0.2, 0.25) is 0 Å². The number of benzene rings is 1. The van der Waals surface area contributed by atoms with Gasteiger partial charge < -0.3 is 5.32 Å². The van der Waals surface area contributed by atoms with Crippen LogP contribution in [-0.4, -0.2) is 44.7 Å². The smallest absolute Gasteiger partial charge is 0.301 e. The molecular formula is C11H15F2N3O2S2. The SMILES string of the molecule is O=S(=O)(Nc1ccc(SC(F)F)cc1)N1CCNCC1. The van der Waals surface area contributed by atoms with Gasteiger partial charge in [-0.2, -0.15) is 21.5 Å². The van der Waals surface area contributed by atoms with Crippen molar-refractivity contribution in [3.8, 4) is 0 Å². The van der Waals surface area contributed by atoms with Crippen LogP contribution in [0.1, 0.15) is 0 Å². The van der Waals surface area contributed by atoms with Crippen molar-refractivity contribution in [2.75, 3.05) is 30.9 Å². The van der Waals surface area contributed by atoms with E-state index in [1.54, 1.807) is 0 Å². The quantitative estimate of drug-likeness (QED) is 0.808. The van der Waals surface area contributed by atoms with Crippen molar-refractivity contribution in [2.45, 2.75) is 10.7 Å². The third-order valence-corrected chi connectivity index (χ3v) is 5.00. The second kappa shape index (κ2) is 6.70. The van der Waals surface area contributed by atoms with Crippen molar-refractivity contribution >= 4 is 27.7 Å². The lowest BCUT2D eigenvalue weighted by molar-refractivity contribution is 0.252. The van der Waals surface area contributed by atoms with Crippen molar-refractivity contribution < 1.29 is 17.2 Å². The van der Waals surface area contributed by atoms with Gasteiger partial charge in [0, 0.05) is 36.8 Å². The standard InChI is InChI=1S/C11H15F2N3O2S2/c12-11(13)19-10-3-1-9(2-4-10)15-20(17,18)16-7-5-14-6-8-16/h1-4,11,14-15H,5-8H2. The summed E-state index contributed by atoms with van der Waals surface area (Å²) in [6, 6.07) is 5.88. The Morgan fingerprint density at radius 1 is 1.20 bits per heavy atom. The van der Waals surface area contributed by atoms with E-state index < -0.39 is 16.0 Å². The molecule has 0 aliphatic carbocycles. The number of hydrogen-bond acceptors (Lipinski definition) is 4. The van der Waals surface area contributed by atoms with Crippen LogP contribution >= 0.6 is 11.8 Å². The number of piperazine rings is 1. The zero-order valence-electron chi connectivity index (χ0n) is 10.6. The predicted molar refractivity (Wildman–Crippen MR) is 75.3 cm³/mol. The van der Waals surface area contributed by atoms with Crippen LogP contribution in [0.15, 0.2) is 29.2 Å². The summed E-state index contributed by atoms with van der Waals surface area (Å²) in [4.78, 5) is 0.394. The molecule has 1 aliphatic rings. The van der Waals surface area contributed by atoms with E-state index in [0.717, 1.165) is 0 Å². The third kappa shape index (κ3) is 4.30. The zero-order chi connectivity index (χ0) is 14.6. The summed E-state index contributed by atoms with van der Waals surface area (Å²) < 4.78 is 52.3. The molecule has 0 spiro atoms. The molecule has 1 saturated heterocycles. The molecule has 1 aromatic carbocycles. The van der Waals surface area contributed by atoms with E-state index in [4.69, 9.17) is 0 Å². The van der Waals surface area contributed by atoms with Gasteiger partial charge in [-0.1, -0.05) is 11.8 Å². The molecule has 112 valence electrons. The van der Waals surface area contributed by atoms with Crippen LogP contribution in [-0.2, 0) is 10.2 Å². The molecule has 1 heterocycles. The molecule has 9 heteroatoms. The summed E-state index contributed by atoms with van der Waals surface area (Å²) >= 11 is 0.424. The normalized spacial score (nSPS) is 17.4. The van der Waals surface area contributed by atoms with Gasteiger partial charge in [0.25, 0.3) is 5.76 Å². The van der Waals surface area contributed by atoms with Gasteiger partial charge in [0.05, 0.1) is 0 Å². The third-order valence-electron chi connectivity index (χ3n) is 2.74. The van der Waals surface area contributed by atoms with E-state index in [2.05, 4.69) is 10.0 Å². The summed E-state index contributed by atoms with van der Waals surface area (Å²) in [5.74, 6) is -2.49. The van der Waals surface area contributed by atoms with Crippen LogP contribution in [0.5, 0.6) is 0 Å². The topological polar surface area (TPSA) is 61.4 Å². The maximum absolute atomic E-state index is 12.2. The number of nitrogens with one attached hydrogen (secondary N) is 2. The largest absolute Gasteiger partial charge is 0.314 e. The number of alkyl halides is 2. The minimum absolute atomic E-state index is 0.363. The van der Waals surface area contributed by atoms with Crippen molar-refractivity contribution in [3.63, 3.8) is 0 Å². The lowest BCUT2D eigenvalue weighted by atomic mass is 10.3. The van der Waals surface area contributed by atoms with Gasteiger partial charge in [0.1, 0.15) is 0 Å². The Morgan fingerprint density at radius 3 is 2.35 bits per heavy atom. The average molecular weight is 323 g/mol. The van der Waals surface area contributed by atoms with Crippen LogP contribution < -0.4 is 10.0 Å². The van der Waals surface area contributed by atoms with Gasteiger partial charge in [-0.15, -0.1) is 0 Å². The second-order valence-corrected chi connectivity index (χ2v) is 6.89. The number of anilines is 1. The molecule has 0 radical (unpaired) electrons. The van der Waals surface area contributed by atoms with Gasteiger partial charge in [0.2, 0.25) is 0 Å². The number of rotatable bonds is 5. The molecule has 1 fully saturated rings. The zero-order valence-corrected chi connectivity index (χ0v) is 12.2. The molecule has 1 aliphatic heterocycles. The fourth-order valence-electron chi connectivity index (χ4n) is 1.80. The van der Waals surface area contributed by atoms with Gasteiger partial charge in [0.15, 0.2) is 0 Å². The predicted octanol–water partition coefficient (Wildman–Crippen LogP) is 1.56. The van der Waals surface area contributed by atoms with Gasteiger partial charge in [-0.25, -0.2) is 0 Å². The van der Waals surface area contributed by atoms with Crippen LogP contribution in [0.3, 0.4) is 0 Å². The number of nitrogens with zero attached hydrogens (tertiary/aromatic N) is 1. The van der Waals surface area contributed by atoms with E-state index >= 15 is 0 Å². The fraction of sp³-hybridized carbons (Fsp3) is 0.455. The highest BCUT2D eigenvalue weighted by Crippen LogP contribution is 2.26. The van der Waals surface area contributed by atoms with Crippen molar-refractivity contribution in [3.05, 3.63) is 24.3 Å². The van der Waals surface area contributed by atoms with E-state index in [1.807, 2.05) is 0 Å². The summed E-state index contributed by atoms with van der Waals surface area (Å²) in [7, 11) is -3.58. The van der Waals surface area contributed by atoms with Gasteiger partial charge in [-0.05, 0) is 24.3 Å². The molecule has 1 aromatic rings. The number of hydrogen-bond donors (Lipinski definition) is 2. The molecule has 2 N–H and O–H groups in total. The Labute approximate surface area is 120 Å². The summed E-state index contributed by atoms with van der Waals surface area (Å²) in [6.07, 6.45) is 0. The van der Waals surface area contributed by atoms with E-state index in [0.29, 0.717) is 48.5 Å². The van der Waals surface area contributed by atoms with Gasteiger partial charge in [-0.3, -0.25) is 4.72 Å². The monoisotopic (exact) mass is 323 g/mol. The lowest BCUT2D eigenvalue weighted by Crippen LogP contribution is -2.48. The maximum Gasteiger partial charge on any atom is 0.301 e. The molecule has 0 aromatic heterocycles. The number of halogens is 2. The lowest BCUT2D eigenvalue weighted by Gasteiger charge is -2.26. The molecule has 0 bridgehead atoms. The Hall–Kier alpha value is -0.900. The molecule has 0 atom stereocenters. The van der Waals surface area contributed by atoms with Crippen LogP contribution in [0, 0.1) is 0 Å².